The lowest BCUT2D eigenvalue weighted by Gasteiger charge is -2.04. The predicted octanol–water partition coefficient (Wildman–Crippen LogP) is 3.07. The fraction of sp³-hybridized carbons (Fsp3) is 0.455. The number of nitrogens with zero attached hydrogens (tertiary/aromatic N) is 2. The van der Waals surface area contributed by atoms with Crippen molar-refractivity contribution in [1.82, 2.24) is 15.3 Å². The highest BCUT2D eigenvalue weighted by Gasteiger charge is 2.07. The van der Waals surface area contributed by atoms with Crippen LogP contribution in [0.5, 0.6) is 0 Å². The molecule has 0 saturated carbocycles. The summed E-state index contributed by atoms with van der Waals surface area (Å²) in [5, 5.41) is 9.63. The van der Waals surface area contributed by atoms with Crippen LogP contribution in [0.25, 0.3) is 10.7 Å². The summed E-state index contributed by atoms with van der Waals surface area (Å²) in [5.74, 6) is 0. The second-order valence-electron chi connectivity index (χ2n) is 3.93. The second-order valence-corrected chi connectivity index (χ2v) is 5.85. The zero-order chi connectivity index (χ0) is 11.5. The molecule has 0 aliphatic carbocycles. The fourth-order valence-electron chi connectivity index (χ4n) is 1.28. The number of rotatable bonds is 4. The van der Waals surface area contributed by atoms with E-state index >= 15 is 0 Å². The Morgan fingerprint density at radius 3 is 2.69 bits per heavy atom. The molecule has 0 amide bonds. The van der Waals surface area contributed by atoms with E-state index in [0.717, 1.165) is 27.9 Å². The van der Waals surface area contributed by atoms with Gasteiger partial charge in [-0.1, -0.05) is 13.8 Å². The lowest BCUT2D eigenvalue weighted by Crippen LogP contribution is -2.21. The van der Waals surface area contributed by atoms with Gasteiger partial charge in [-0.25, -0.2) is 9.97 Å². The van der Waals surface area contributed by atoms with Crippen molar-refractivity contribution in [2.24, 2.45) is 0 Å². The molecule has 0 aliphatic heterocycles. The molecule has 1 N–H and O–H groups in total. The van der Waals surface area contributed by atoms with E-state index in [0.29, 0.717) is 6.04 Å². The van der Waals surface area contributed by atoms with Crippen LogP contribution < -0.4 is 5.32 Å². The molecular formula is C11H15N3S2. The summed E-state index contributed by atoms with van der Waals surface area (Å²) in [4.78, 5) is 9.00. The first kappa shape index (κ1) is 11.7. The average Bonchev–Trinajstić information content (AvgIpc) is 2.83. The van der Waals surface area contributed by atoms with Gasteiger partial charge in [0.1, 0.15) is 10.7 Å². The van der Waals surface area contributed by atoms with Crippen molar-refractivity contribution in [2.45, 2.75) is 33.4 Å². The molecule has 0 fully saturated rings. The quantitative estimate of drug-likeness (QED) is 0.910. The van der Waals surface area contributed by atoms with Gasteiger partial charge in [-0.05, 0) is 6.92 Å². The third kappa shape index (κ3) is 2.87. The van der Waals surface area contributed by atoms with E-state index in [-0.39, 0.29) is 0 Å². The van der Waals surface area contributed by atoms with E-state index in [1.807, 2.05) is 6.92 Å². The van der Waals surface area contributed by atoms with E-state index in [1.165, 1.54) is 0 Å². The molecule has 0 aromatic carbocycles. The minimum absolute atomic E-state index is 0.492. The van der Waals surface area contributed by atoms with Crippen molar-refractivity contribution in [2.75, 3.05) is 0 Å². The lowest BCUT2D eigenvalue weighted by atomic mass is 10.3. The van der Waals surface area contributed by atoms with Gasteiger partial charge in [-0.15, -0.1) is 22.7 Å². The fourth-order valence-corrected chi connectivity index (χ4v) is 2.73. The summed E-state index contributed by atoms with van der Waals surface area (Å²) in [6.45, 7) is 7.12. The minimum Gasteiger partial charge on any atom is -0.309 e. The van der Waals surface area contributed by atoms with E-state index in [2.05, 4.69) is 39.9 Å². The Labute approximate surface area is 104 Å². The molecule has 0 atom stereocenters. The highest BCUT2D eigenvalue weighted by molar-refractivity contribution is 7.14. The van der Waals surface area contributed by atoms with Gasteiger partial charge in [0.25, 0.3) is 0 Å². The molecule has 86 valence electrons. The van der Waals surface area contributed by atoms with Crippen LogP contribution in [0.1, 0.15) is 24.5 Å². The maximum absolute atomic E-state index is 4.57. The first-order chi connectivity index (χ1) is 7.65. The van der Waals surface area contributed by atoms with Gasteiger partial charge in [-0.2, -0.15) is 0 Å². The van der Waals surface area contributed by atoms with Gasteiger partial charge in [0, 0.05) is 23.3 Å². The number of thiazole rings is 2. The van der Waals surface area contributed by atoms with Crippen LogP contribution in [0.3, 0.4) is 0 Å². The van der Waals surface area contributed by atoms with Crippen LogP contribution >= 0.6 is 22.7 Å². The van der Waals surface area contributed by atoms with E-state index < -0.39 is 0 Å². The molecule has 0 saturated heterocycles. The van der Waals surface area contributed by atoms with E-state index in [1.54, 1.807) is 22.7 Å². The SMILES string of the molecule is Cc1nc(-c2nc(CNC(C)C)cs2)cs1. The largest absolute Gasteiger partial charge is 0.309 e. The average molecular weight is 253 g/mol. The summed E-state index contributed by atoms with van der Waals surface area (Å²) >= 11 is 3.33. The number of nitrogens with one attached hydrogen (secondary N) is 1. The summed E-state index contributed by atoms with van der Waals surface area (Å²) in [6, 6.07) is 0.492. The van der Waals surface area contributed by atoms with Crippen LogP contribution in [0, 0.1) is 6.92 Å². The Balaban J connectivity index is 2.07. The Kier molecular flexibility index (Phi) is 3.68. The van der Waals surface area contributed by atoms with Crippen molar-refractivity contribution in [3.05, 3.63) is 21.5 Å². The predicted molar refractivity (Wildman–Crippen MR) is 69.9 cm³/mol. The number of hydrogen-bond donors (Lipinski definition) is 1. The molecule has 0 bridgehead atoms. The topological polar surface area (TPSA) is 37.8 Å². The van der Waals surface area contributed by atoms with Crippen LogP contribution in [0.2, 0.25) is 0 Å². The van der Waals surface area contributed by atoms with Gasteiger partial charge in [0.05, 0.1) is 10.7 Å². The summed E-state index contributed by atoms with van der Waals surface area (Å²) < 4.78 is 0. The molecule has 2 rings (SSSR count). The summed E-state index contributed by atoms with van der Waals surface area (Å²) in [7, 11) is 0. The maximum atomic E-state index is 4.57. The zero-order valence-electron chi connectivity index (χ0n) is 9.65. The number of hydrogen-bond acceptors (Lipinski definition) is 5. The molecule has 2 aromatic heterocycles. The monoisotopic (exact) mass is 253 g/mol. The molecule has 0 aliphatic rings. The number of aromatic nitrogens is 2. The minimum atomic E-state index is 0.492. The van der Waals surface area contributed by atoms with Gasteiger partial charge in [0.2, 0.25) is 0 Å². The van der Waals surface area contributed by atoms with Crippen LogP contribution in [0.4, 0.5) is 0 Å². The van der Waals surface area contributed by atoms with E-state index in [4.69, 9.17) is 0 Å². The molecule has 0 unspecified atom stereocenters. The van der Waals surface area contributed by atoms with Gasteiger partial charge in [-0.3, -0.25) is 0 Å². The molecule has 5 heteroatoms. The Bertz CT molecular complexity index is 459. The third-order valence-electron chi connectivity index (χ3n) is 2.08. The summed E-state index contributed by atoms with van der Waals surface area (Å²) in [5.41, 5.74) is 2.10. The lowest BCUT2D eigenvalue weighted by molar-refractivity contribution is 0.583. The molecule has 3 nitrogen and oxygen atoms in total. The van der Waals surface area contributed by atoms with Gasteiger partial charge < -0.3 is 5.32 Å². The van der Waals surface area contributed by atoms with Crippen molar-refractivity contribution < 1.29 is 0 Å². The first-order valence-corrected chi connectivity index (χ1v) is 7.01. The van der Waals surface area contributed by atoms with Gasteiger partial charge >= 0.3 is 0 Å². The van der Waals surface area contributed by atoms with Crippen molar-refractivity contribution >= 4 is 22.7 Å². The molecule has 0 spiro atoms. The highest BCUT2D eigenvalue weighted by atomic mass is 32.1. The third-order valence-corrected chi connectivity index (χ3v) is 3.77. The molecule has 2 heterocycles. The molecule has 16 heavy (non-hydrogen) atoms. The van der Waals surface area contributed by atoms with Gasteiger partial charge in [0.15, 0.2) is 0 Å². The molecule has 0 radical (unpaired) electrons. The number of aryl methyl sites for hydroxylation is 1. The van der Waals surface area contributed by atoms with Crippen molar-refractivity contribution in [3.8, 4) is 10.7 Å². The standard InChI is InChI=1S/C11H15N3S2/c1-7(2)12-4-9-5-16-11(14-9)10-6-15-8(3)13-10/h5-7,12H,4H2,1-3H3. The highest BCUT2D eigenvalue weighted by Crippen LogP contribution is 2.24. The van der Waals surface area contributed by atoms with Crippen LogP contribution in [0.15, 0.2) is 10.8 Å². The maximum Gasteiger partial charge on any atom is 0.143 e. The zero-order valence-corrected chi connectivity index (χ0v) is 11.3. The second kappa shape index (κ2) is 5.03. The Hall–Kier alpha value is -0.780. The van der Waals surface area contributed by atoms with Crippen LogP contribution in [-0.2, 0) is 6.54 Å². The molecular weight excluding hydrogens is 238 g/mol. The summed E-state index contributed by atoms with van der Waals surface area (Å²) in [6.07, 6.45) is 0. The van der Waals surface area contributed by atoms with Crippen molar-refractivity contribution in [3.63, 3.8) is 0 Å². The smallest absolute Gasteiger partial charge is 0.143 e. The van der Waals surface area contributed by atoms with Crippen molar-refractivity contribution in [1.29, 1.82) is 0 Å². The Morgan fingerprint density at radius 1 is 1.25 bits per heavy atom. The molecule has 2 aromatic rings. The normalized spacial score (nSPS) is 11.2. The van der Waals surface area contributed by atoms with E-state index in [9.17, 15) is 0 Å². The Morgan fingerprint density at radius 2 is 2.06 bits per heavy atom. The van der Waals surface area contributed by atoms with Crippen LogP contribution in [-0.4, -0.2) is 16.0 Å². The first-order valence-electron chi connectivity index (χ1n) is 5.25.